The Labute approximate surface area is 227 Å². The molecule has 10 nitrogen and oxygen atoms in total. The fourth-order valence-electron chi connectivity index (χ4n) is 4.08. The number of hydrogen-bond acceptors (Lipinski definition) is 9. The summed E-state index contributed by atoms with van der Waals surface area (Å²) in [5.74, 6) is -2.72. The Balaban J connectivity index is 1.31. The highest BCUT2D eigenvalue weighted by molar-refractivity contribution is 7.92. The van der Waals surface area contributed by atoms with E-state index in [1.165, 1.54) is 24.4 Å². The Morgan fingerprint density at radius 1 is 1.10 bits per heavy atom. The maximum absolute atomic E-state index is 13.7. The van der Waals surface area contributed by atoms with Crippen molar-refractivity contribution in [2.24, 2.45) is 0 Å². The molecular weight excluding hydrogens is 551 g/mol. The summed E-state index contributed by atoms with van der Waals surface area (Å²) in [6.07, 6.45) is 2.63. The molecule has 5 rings (SSSR count). The number of rotatable bonds is 10. The van der Waals surface area contributed by atoms with Crippen molar-refractivity contribution in [3.05, 3.63) is 65.6 Å². The zero-order chi connectivity index (χ0) is 27.6. The van der Waals surface area contributed by atoms with Gasteiger partial charge in [-0.05, 0) is 61.6 Å². The predicted molar refractivity (Wildman–Crippen MR) is 138 cm³/mol. The van der Waals surface area contributed by atoms with Gasteiger partial charge in [0.15, 0.2) is 21.1 Å². The number of nitrogens with zero attached hydrogens (tertiary/aromatic N) is 1. The summed E-state index contributed by atoms with van der Waals surface area (Å²) in [6, 6.07) is 9.50. The molecule has 2 heterocycles. The van der Waals surface area contributed by atoms with Gasteiger partial charge in [-0.15, -0.1) is 0 Å². The molecule has 1 aliphatic heterocycles. The van der Waals surface area contributed by atoms with Crippen molar-refractivity contribution in [1.82, 2.24) is 4.98 Å². The predicted octanol–water partition coefficient (Wildman–Crippen LogP) is 4.58. The number of halogens is 1. The zero-order valence-electron chi connectivity index (χ0n) is 20.5. The van der Waals surface area contributed by atoms with Gasteiger partial charge in [0.05, 0.1) is 28.0 Å². The Hall–Kier alpha value is -3.39. The van der Waals surface area contributed by atoms with Gasteiger partial charge in [0.25, 0.3) is 5.91 Å². The number of carboxylic acid groups (broad SMARTS) is 1. The zero-order valence-corrected chi connectivity index (χ0v) is 22.2. The highest BCUT2D eigenvalue weighted by Crippen LogP contribution is 2.35. The molecule has 0 radical (unpaired) electrons. The topological polar surface area (TPSA) is 141 Å². The van der Waals surface area contributed by atoms with E-state index in [1.54, 1.807) is 12.1 Å². The van der Waals surface area contributed by atoms with Crippen LogP contribution in [0, 0.1) is 5.82 Å². The maximum atomic E-state index is 13.7. The normalized spacial score (nSPS) is 16.9. The van der Waals surface area contributed by atoms with Crippen LogP contribution in [-0.2, 0) is 24.1 Å². The van der Waals surface area contributed by atoms with Gasteiger partial charge in [-0.25, -0.2) is 22.6 Å². The standard InChI is InChI=1S/C26H25FN2O8S2/c27-21-8-3-17(13-20(21)25(31)32)36-22-14-28-26(38-22)29-24(30)23(37-16-9-11-35-12-10-16)15-1-4-18(5-2-15)39(33,34)19-6-7-19/h1-5,8,13-14,16,19,23H,6-7,9-12H2,(H,31,32)(H,28,29,30). The lowest BCUT2D eigenvalue weighted by atomic mass is 10.1. The first-order valence-electron chi connectivity index (χ1n) is 12.2. The molecule has 1 aliphatic carbocycles. The second-order valence-electron chi connectivity index (χ2n) is 9.16. The van der Waals surface area contributed by atoms with Crippen molar-refractivity contribution in [2.45, 2.75) is 48.0 Å². The summed E-state index contributed by atoms with van der Waals surface area (Å²) in [5.41, 5.74) is -0.0381. The number of nitrogens with one attached hydrogen (secondary N) is 1. The van der Waals surface area contributed by atoms with Gasteiger partial charge in [-0.1, -0.05) is 23.5 Å². The number of carbonyl (C=O) groups excluding carboxylic acids is 1. The fraction of sp³-hybridized carbons (Fsp3) is 0.346. The summed E-state index contributed by atoms with van der Waals surface area (Å²) < 4.78 is 56.0. The van der Waals surface area contributed by atoms with Crippen LogP contribution >= 0.6 is 11.3 Å². The van der Waals surface area contributed by atoms with Gasteiger partial charge in [0, 0.05) is 13.2 Å². The van der Waals surface area contributed by atoms with E-state index in [2.05, 4.69) is 10.3 Å². The molecule has 2 N–H and O–H groups in total. The minimum atomic E-state index is -3.37. The third-order valence-corrected chi connectivity index (χ3v) is 9.38. The van der Waals surface area contributed by atoms with Crippen LogP contribution in [0.4, 0.5) is 9.52 Å². The van der Waals surface area contributed by atoms with Crippen LogP contribution in [0.25, 0.3) is 0 Å². The summed E-state index contributed by atoms with van der Waals surface area (Å²) in [6.45, 7) is 1.02. The summed E-state index contributed by atoms with van der Waals surface area (Å²) >= 11 is 0.988. The van der Waals surface area contributed by atoms with Crippen molar-refractivity contribution < 1.29 is 41.7 Å². The number of sulfone groups is 1. The number of anilines is 1. The van der Waals surface area contributed by atoms with E-state index in [0.717, 1.165) is 23.5 Å². The van der Waals surface area contributed by atoms with Crippen molar-refractivity contribution in [1.29, 1.82) is 0 Å². The third-order valence-electron chi connectivity index (χ3n) is 6.31. The average Bonchev–Trinajstić information content (AvgIpc) is 3.71. The van der Waals surface area contributed by atoms with Crippen molar-refractivity contribution in [3.63, 3.8) is 0 Å². The Morgan fingerprint density at radius 3 is 2.49 bits per heavy atom. The molecule has 13 heteroatoms. The lowest BCUT2D eigenvalue weighted by molar-refractivity contribution is -0.136. The molecule has 1 aromatic heterocycles. The number of aromatic carboxylic acids is 1. The van der Waals surface area contributed by atoms with Crippen molar-refractivity contribution in [3.8, 4) is 10.8 Å². The molecule has 1 unspecified atom stereocenters. The van der Waals surface area contributed by atoms with Crippen LogP contribution in [0.2, 0.25) is 0 Å². The quantitative estimate of drug-likeness (QED) is 0.355. The SMILES string of the molecule is O=C(O)c1cc(Oc2cnc(NC(=O)C(OC3CCOCC3)c3ccc(S(=O)(=O)C4CC4)cc3)s2)ccc1F. The van der Waals surface area contributed by atoms with Gasteiger partial charge >= 0.3 is 5.97 Å². The molecule has 1 saturated heterocycles. The van der Waals surface area contributed by atoms with E-state index in [-0.39, 0.29) is 32.2 Å². The van der Waals surface area contributed by atoms with Crippen LogP contribution in [0.5, 0.6) is 10.8 Å². The molecule has 2 aliphatic rings. The monoisotopic (exact) mass is 576 g/mol. The van der Waals surface area contributed by atoms with Gasteiger partial charge in [0.1, 0.15) is 11.6 Å². The molecule has 2 aromatic carbocycles. The molecule has 2 fully saturated rings. The minimum absolute atomic E-state index is 0.0947. The number of benzene rings is 2. The molecule has 206 valence electrons. The number of carbonyl (C=O) groups is 2. The number of aromatic nitrogens is 1. The smallest absolute Gasteiger partial charge is 0.338 e. The first-order valence-corrected chi connectivity index (χ1v) is 14.6. The second-order valence-corrected chi connectivity index (χ2v) is 12.4. The molecule has 39 heavy (non-hydrogen) atoms. The van der Waals surface area contributed by atoms with Crippen molar-refractivity contribution >= 4 is 38.2 Å². The Kier molecular flexibility index (Phi) is 7.93. The summed E-state index contributed by atoms with van der Waals surface area (Å²) in [5, 5.41) is 11.9. The Morgan fingerprint density at radius 2 is 1.82 bits per heavy atom. The molecule has 1 amide bonds. The van der Waals surface area contributed by atoms with E-state index in [0.29, 0.717) is 44.5 Å². The number of hydrogen-bond donors (Lipinski definition) is 2. The van der Waals surface area contributed by atoms with Gasteiger partial charge in [-0.3, -0.25) is 10.1 Å². The molecule has 1 atom stereocenters. The van der Waals surface area contributed by atoms with Crippen LogP contribution < -0.4 is 10.1 Å². The van der Waals surface area contributed by atoms with Crippen molar-refractivity contribution in [2.75, 3.05) is 18.5 Å². The summed E-state index contributed by atoms with van der Waals surface area (Å²) in [7, 11) is -3.37. The Bertz CT molecular complexity index is 1470. The van der Waals surface area contributed by atoms with Crippen LogP contribution in [-0.4, -0.2) is 55.0 Å². The van der Waals surface area contributed by atoms with E-state index in [4.69, 9.17) is 19.3 Å². The first kappa shape index (κ1) is 27.2. The van der Waals surface area contributed by atoms with E-state index >= 15 is 0 Å². The van der Waals surface area contributed by atoms with Crippen LogP contribution in [0.15, 0.2) is 53.6 Å². The number of ether oxygens (including phenoxy) is 3. The van der Waals surface area contributed by atoms with E-state index in [1.807, 2.05) is 0 Å². The average molecular weight is 577 g/mol. The number of amides is 1. The second kappa shape index (κ2) is 11.4. The van der Waals surface area contributed by atoms with E-state index < -0.39 is 39.2 Å². The largest absolute Gasteiger partial charge is 0.478 e. The van der Waals surface area contributed by atoms with Crippen LogP contribution in [0.3, 0.4) is 0 Å². The molecular formula is C26H25FN2O8S2. The molecule has 0 spiro atoms. The molecule has 3 aromatic rings. The minimum Gasteiger partial charge on any atom is -0.478 e. The van der Waals surface area contributed by atoms with Gasteiger partial charge in [0.2, 0.25) is 5.06 Å². The van der Waals surface area contributed by atoms with Gasteiger partial charge < -0.3 is 19.3 Å². The third kappa shape index (κ3) is 6.44. The fourth-order valence-corrected chi connectivity index (χ4v) is 6.43. The lowest BCUT2D eigenvalue weighted by Crippen LogP contribution is -2.31. The summed E-state index contributed by atoms with van der Waals surface area (Å²) in [4.78, 5) is 28.9. The number of carboxylic acids is 1. The highest BCUT2D eigenvalue weighted by Gasteiger charge is 2.37. The van der Waals surface area contributed by atoms with Crippen LogP contribution in [0.1, 0.15) is 47.7 Å². The number of thiazole rings is 1. The molecule has 0 bridgehead atoms. The first-order chi connectivity index (χ1) is 18.7. The van der Waals surface area contributed by atoms with Gasteiger partial charge in [-0.2, -0.15) is 0 Å². The van der Waals surface area contributed by atoms with E-state index in [9.17, 15) is 22.4 Å². The highest BCUT2D eigenvalue weighted by atomic mass is 32.2. The lowest BCUT2D eigenvalue weighted by Gasteiger charge is -2.27. The molecule has 1 saturated carbocycles. The maximum Gasteiger partial charge on any atom is 0.338 e.